The highest BCUT2D eigenvalue weighted by atomic mass is 16.4. The summed E-state index contributed by atoms with van der Waals surface area (Å²) in [5.41, 5.74) is 0. The van der Waals surface area contributed by atoms with E-state index in [1.54, 1.807) is 4.90 Å². The van der Waals surface area contributed by atoms with Crippen molar-refractivity contribution in [2.75, 3.05) is 19.6 Å². The molecular formula is C9H16N2O3. The van der Waals surface area contributed by atoms with Crippen LogP contribution in [0.5, 0.6) is 0 Å². The van der Waals surface area contributed by atoms with Crippen LogP contribution >= 0.6 is 0 Å². The Morgan fingerprint density at radius 2 is 2.07 bits per heavy atom. The van der Waals surface area contributed by atoms with Gasteiger partial charge in [-0.05, 0) is 0 Å². The minimum Gasteiger partial charge on any atom is -0.480 e. The zero-order valence-electron chi connectivity index (χ0n) is 8.49. The third-order valence-corrected chi connectivity index (χ3v) is 2.23. The molecule has 5 heteroatoms. The molecule has 2 N–H and O–H groups in total. The van der Waals surface area contributed by atoms with Crippen molar-refractivity contribution < 1.29 is 14.7 Å². The third-order valence-electron chi connectivity index (χ3n) is 2.23. The summed E-state index contributed by atoms with van der Waals surface area (Å²) >= 11 is 0. The molecular weight excluding hydrogens is 184 g/mol. The summed E-state index contributed by atoms with van der Waals surface area (Å²) in [6, 6.07) is 0.147. The van der Waals surface area contributed by atoms with Crippen LogP contribution in [0.4, 0.5) is 0 Å². The second kappa shape index (κ2) is 4.41. The van der Waals surface area contributed by atoms with E-state index < -0.39 is 5.97 Å². The van der Waals surface area contributed by atoms with Gasteiger partial charge in [-0.25, -0.2) is 0 Å². The van der Waals surface area contributed by atoms with E-state index in [1.165, 1.54) is 0 Å². The summed E-state index contributed by atoms with van der Waals surface area (Å²) in [6.45, 7) is 4.95. The fourth-order valence-electron chi connectivity index (χ4n) is 1.38. The van der Waals surface area contributed by atoms with Gasteiger partial charge in [-0.3, -0.25) is 9.59 Å². The van der Waals surface area contributed by atoms with Gasteiger partial charge in [0.25, 0.3) is 0 Å². The number of nitrogens with zero attached hydrogens (tertiary/aromatic N) is 1. The molecule has 0 aliphatic carbocycles. The van der Waals surface area contributed by atoms with Gasteiger partial charge in [0.15, 0.2) is 0 Å². The van der Waals surface area contributed by atoms with E-state index in [-0.39, 0.29) is 24.4 Å². The first-order valence-electron chi connectivity index (χ1n) is 4.74. The fourth-order valence-corrected chi connectivity index (χ4v) is 1.38. The van der Waals surface area contributed by atoms with Crippen LogP contribution in [0.3, 0.4) is 0 Å². The van der Waals surface area contributed by atoms with Gasteiger partial charge in [-0.15, -0.1) is 0 Å². The van der Waals surface area contributed by atoms with Crippen LogP contribution in [0.1, 0.15) is 13.8 Å². The average Bonchev–Trinajstić information content (AvgIpc) is 2.00. The number of hydrogen-bond acceptors (Lipinski definition) is 3. The number of likely N-dealkylation sites (tertiary alicyclic amines) is 1. The average molecular weight is 200 g/mol. The van der Waals surface area contributed by atoms with Gasteiger partial charge < -0.3 is 15.3 Å². The zero-order valence-corrected chi connectivity index (χ0v) is 8.49. The molecule has 0 unspecified atom stereocenters. The minimum absolute atomic E-state index is 0.0235. The Morgan fingerprint density at radius 1 is 1.50 bits per heavy atom. The molecule has 14 heavy (non-hydrogen) atoms. The van der Waals surface area contributed by atoms with E-state index in [4.69, 9.17) is 5.11 Å². The smallest absolute Gasteiger partial charge is 0.317 e. The molecule has 0 radical (unpaired) electrons. The lowest BCUT2D eigenvalue weighted by atomic mass is 10.1. The number of amides is 1. The molecule has 0 spiro atoms. The van der Waals surface area contributed by atoms with Crippen molar-refractivity contribution in [3.8, 4) is 0 Å². The Morgan fingerprint density at radius 3 is 2.50 bits per heavy atom. The molecule has 0 aromatic carbocycles. The van der Waals surface area contributed by atoms with Gasteiger partial charge in [-0.1, -0.05) is 13.8 Å². The van der Waals surface area contributed by atoms with Gasteiger partial charge in [0.1, 0.15) is 0 Å². The van der Waals surface area contributed by atoms with Crippen molar-refractivity contribution >= 4 is 11.9 Å². The Labute approximate surface area is 83.1 Å². The summed E-state index contributed by atoms with van der Waals surface area (Å²) in [6.07, 6.45) is 0. The van der Waals surface area contributed by atoms with Crippen LogP contribution < -0.4 is 5.32 Å². The lowest BCUT2D eigenvalue weighted by Gasteiger charge is -2.40. The number of carbonyl (C=O) groups is 2. The predicted octanol–water partition coefficient (Wildman–Crippen LogP) is -0.473. The number of nitrogens with one attached hydrogen (secondary N) is 1. The molecule has 80 valence electrons. The molecule has 1 aliphatic heterocycles. The fraction of sp³-hybridized carbons (Fsp3) is 0.778. The normalized spacial score (nSPS) is 16.9. The Balaban J connectivity index is 2.17. The van der Waals surface area contributed by atoms with Gasteiger partial charge in [-0.2, -0.15) is 0 Å². The van der Waals surface area contributed by atoms with Crippen LogP contribution in [-0.4, -0.2) is 47.6 Å². The molecule has 1 saturated heterocycles. The topological polar surface area (TPSA) is 69.6 Å². The summed E-state index contributed by atoms with van der Waals surface area (Å²) in [4.78, 5) is 23.4. The van der Waals surface area contributed by atoms with E-state index in [2.05, 4.69) is 5.32 Å². The maximum absolute atomic E-state index is 11.4. The number of hydrogen-bond donors (Lipinski definition) is 2. The summed E-state index contributed by atoms with van der Waals surface area (Å²) in [7, 11) is 0. The highest BCUT2D eigenvalue weighted by molar-refractivity contribution is 5.79. The van der Waals surface area contributed by atoms with E-state index in [1.807, 2.05) is 13.8 Å². The first-order chi connectivity index (χ1) is 6.50. The van der Waals surface area contributed by atoms with Crippen molar-refractivity contribution in [1.82, 2.24) is 10.2 Å². The van der Waals surface area contributed by atoms with Gasteiger partial charge in [0.2, 0.25) is 5.91 Å². The lowest BCUT2D eigenvalue weighted by Crippen LogP contribution is -2.61. The Bertz CT molecular complexity index is 234. The monoisotopic (exact) mass is 200 g/mol. The minimum atomic E-state index is -0.862. The molecule has 5 nitrogen and oxygen atoms in total. The number of rotatable bonds is 4. The molecule has 0 bridgehead atoms. The number of aliphatic carboxylic acids is 1. The maximum atomic E-state index is 11.4. The summed E-state index contributed by atoms with van der Waals surface area (Å²) < 4.78 is 0. The number of carboxylic acids is 1. The quantitative estimate of drug-likeness (QED) is 0.643. The van der Waals surface area contributed by atoms with E-state index in [0.717, 1.165) is 0 Å². The molecule has 0 aromatic rings. The predicted molar refractivity (Wildman–Crippen MR) is 50.8 cm³/mol. The van der Waals surface area contributed by atoms with Gasteiger partial charge in [0.05, 0.1) is 6.54 Å². The van der Waals surface area contributed by atoms with Gasteiger partial charge >= 0.3 is 5.97 Å². The molecule has 0 saturated carbocycles. The standard InChI is InChI=1S/C9H16N2O3/c1-6(2)9(14)11-4-7(5-11)10-3-8(12)13/h6-7,10H,3-5H2,1-2H3,(H,12,13). The third kappa shape index (κ3) is 2.70. The molecule has 1 aliphatic rings. The Hall–Kier alpha value is -1.10. The number of carboxylic acid groups (broad SMARTS) is 1. The van der Waals surface area contributed by atoms with Crippen LogP contribution in [0.25, 0.3) is 0 Å². The molecule has 1 fully saturated rings. The SMILES string of the molecule is CC(C)C(=O)N1CC(NCC(=O)O)C1. The van der Waals surface area contributed by atoms with E-state index in [9.17, 15) is 9.59 Å². The van der Waals surface area contributed by atoms with E-state index in [0.29, 0.717) is 13.1 Å². The molecule has 1 rings (SSSR count). The first kappa shape index (κ1) is 11.0. The molecule has 0 aromatic heterocycles. The van der Waals surface area contributed by atoms with Crippen molar-refractivity contribution in [2.45, 2.75) is 19.9 Å². The van der Waals surface area contributed by atoms with Crippen LogP contribution in [-0.2, 0) is 9.59 Å². The zero-order chi connectivity index (χ0) is 10.7. The molecule has 1 heterocycles. The van der Waals surface area contributed by atoms with Gasteiger partial charge in [0, 0.05) is 25.0 Å². The second-order valence-corrected chi connectivity index (χ2v) is 3.87. The van der Waals surface area contributed by atoms with E-state index >= 15 is 0 Å². The Kier molecular flexibility index (Phi) is 3.46. The molecule has 0 atom stereocenters. The second-order valence-electron chi connectivity index (χ2n) is 3.87. The van der Waals surface area contributed by atoms with Crippen molar-refractivity contribution in [1.29, 1.82) is 0 Å². The largest absolute Gasteiger partial charge is 0.480 e. The highest BCUT2D eigenvalue weighted by Crippen LogP contribution is 2.11. The van der Waals surface area contributed by atoms with Crippen LogP contribution in [0.15, 0.2) is 0 Å². The van der Waals surface area contributed by atoms with Crippen molar-refractivity contribution in [2.24, 2.45) is 5.92 Å². The van der Waals surface area contributed by atoms with Crippen LogP contribution in [0.2, 0.25) is 0 Å². The molecule has 1 amide bonds. The summed E-state index contributed by atoms with van der Waals surface area (Å²) in [5, 5.41) is 11.3. The van der Waals surface area contributed by atoms with Crippen LogP contribution in [0, 0.1) is 5.92 Å². The lowest BCUT2D eigenvalue weighted by molar-refractivity contribution is -0.140. The summed E-state index contributed by atoms with van der Waals surface area (Å²) in [5.74, 6) is -0.701. The van der Waals surface area contributed by atoms with Crippen molar-refractivity contribution in [3.63, 3.8) is 0 Å². The maximum Gasteiger partial charge on any atom is 0.317 e. The van der Waals surface area contributed by atoms with Crippen molar-refractivity contribution in [3.05, 3.63) is 0 Å². The first-order valence-corrected chi connectivity index (χ1v) is 4.74. The number of carbonyl (C=O) groups excluding carboxylic acids is 1. The highest BCUT2D eigenvalue weighted by Gasteiger charge is 2.31.